The van der Waals surface area contributed by atoms with Crippen LogP contribution in [-0.2, 0) is 16.3 Å². The molecular formula is C23H18N4O4S. The lowest BCUT2D eigenvalue weighted by Gasteiger charge is -2.08. The van der Waals surface area contributed by atoms with Crippen LogP contribution < -0.4 is 5.32 Å². The number of carbonyl (C=O) groups excluding carboxylic acids is 1. The van der Waals surface area contributed by atoms with Gasteiger partial charge in [0.1, 0.15) is 23.0 Å². The maximum absolute atomic E-state index is 12.8. The number of aromatic nitrogens is 2. The third-order valence-electron chi connectivity index (χ3n) is 4.84. The number of amides is 1. The van der Waals surface area contributed by atoms with Crippen LogP contribution in [0.1, 0.15) is 28.7 Å². The molecule has 4 aromatic rings. The van der Waals surface area contributed by atoms with Crippen LogP contribution in [0.4, 0.5) is 5.69 Å². The standard InChI is InChI=1S/C23H18N4O4S/c1-3-14-4-6-15(7-5-14)23-27-18-12-16(8-10-19(18)31-23)26-22(28)21-20(32(2,29)30)11-9-17(13-24)25-21/h4-12H,3H2,1-2H3,(H,26,28). The first-order valence-electron chi connectivity index (χ1n) is 9.71. The van der Waals surface area contributed by atoms with E-state index in [0.717, 1.165) is 18.2 Å². The van der Waals surface area contributed by atoms with E-state index in [0.29, 0.717) is 22.7 Å². The van der Waals surface area contributed by atoms with Crippen LogP contribution in [0.25, 0.3) is 22.6 Å². The molecule has 1 amide bonds. The Hall–Kier alpha value is -4.03. The number of anilines is 1. The van der Waals surface area contributed by atoms with Gasteiger partial charge in [0.15, 0.2) is 15.4 Å². The fourth-order valence-corrected chi connectivity index (χ4v) is 3.98. The van der Waals surface area contributed by atoms with Crippen molar-refractivity contribution in [2.75, 3.05) is 11.6 Å². The Morgan fingerprint density at radius 2 is 1.84 bits per heavy atom. The Labute approximate surface area is 184 Å². The lowest BCUT2D eigenvalue weighted by molar-refractivity contribution is 0.101. The summed E-state index contributed by atoms with van der Waals surface area (Å²) in [4.78, 5) is 20.9. The zero-order valence-electron chi connectivity index (χ0n) is 17.3. The molecule has 0 unspecified atom stereocenters. The molecule has 0 aliphatic carbocycles. The van der Waals surface area contributed by atoms with Crippen LogP contribution in [0.2, 0.25) is 0 Å². The van der Waals surface area contributed by atoms with Gasteiger partial charge < -0.3 is 9.73 Å². The van der Waals surface area contributed by atoms with E-state index in [1.54, 1.807) is 24.3 Å². The summed E-state index contributed by atoms with van der Waals surface area (Å²) < 4.78 is 29.9. The molecule has 0 spiro atoms. The van der Waals surface area contributed by atoms with Gasteiger partial charge in [-0.15, -0.1) is 0 Å². The van der Waals surface area contributed by atoms with Crippen molar-refractivity contribution in [1.82, 2.24) is 9.97 Å². The fourth-order valence-electron chi connectivity index (χ4n) is 3.17. The van der Waals surface area contributed by atoms with Crippen molar-refractivity contribution in [3.8, 4) is 17.5 Å². The summed E-state index contributed by atoms with van der Waals surface area (Å²) in [6.07, 6.45) is 1.91. The predicted octanol–water partition coefficient (Wildman–Crippen LogP) is 3.98. The Balaban J connectivity index is 1.65. The molecule has 32 heavy (non-hydrogen) atoms. The number of nitrogens with zero attached hydrogens (tertiary/aromatic N) is 3. The Morgan fingerprint density at radius 1 is 1.09 bits per heavy atom. The number of nitriles is 1. The summed E-state index contributed by atoms with van der Waals surface area (Å²) in [5, 5.41) is 11.7. The zero-order valence-corrected chi connectivity index (χ0v) is 18.1. The molecule has 2 aromatic heterocycles. The van der Waals surface area contributed by atoms with Gasteiger partial charge in [0.2, 0.25) is 5.89 Å². The third kappa shape index (κ3) is 4.22. The molecule has 0 aliphatic rings. The highest BCUT2D eigenvalue weighted by atomic mass is 32.2. The minimum absolute atomic E-state index is 0.0618. The maximum Gasteiger partial charge on any atom is 0.275 e. The number of oxazole rings is 1. The first-order valence-corrected chi connectivity index (χ1v) is 11.6. The summed E-state index contributed by atoms with van der Waals surface area (Å²) in [6.45, 7) is 2.08. The first-order chi connectivity index (χ1) is 15.3. The van der Waals surface area contributed by atoms with Gasteiger partial charge >= 0.3 is 0 Å². The van der Waals surface area contributed by atoms with Crippen molar-refractivity contribution in [1.29, 1.82) is 5.26 Å². The number of hydrogen-bond donors (Lipinski definition) is 1. The van der Waals surface area contributed by atoms with Crippen molar-refractivity contribution in [2.45, 2.75) is 18.2 Å². The second-order valence-corrected chi connectivity index (χ2v) is 9.12. The molecule has 1 N–H and O–H groups in total. The van der Waals surface area contributed by atoms with Gasteiger partial charge in [-0.3, -0.25) is 4.79 Å². The second-order valence-electron chi connectivity index (χ2n) is 7.13. The topological polar surface area (TPSA) is 126 Å². The van der Waals surface area contributed by atoms with E-state index < -0.39 is 15.7 Å². The Bertz CT molecular complexity index is 1480. The number of carbonyl (C=O) groups is 1. The van der Waals surface area contributed by atoms with Gasteiger partial charge in [-0.2, -0.15) is 5.26 Å². The monoisotopic (exact) mass is 446 g/mol. The van der Waals surface area contributed by atoms with Gasteiger partial charge in [0, 0.05) is 17.5 Å². The normalized spacial score (nSPS) is 11.3. The lowest BCUT2D eigenvalue weighted by Crippen LogP contribution is -2.18. The van der Waals surface area contributed by atoms with Crippen LogP contribution in [-0.4, -0.2) is 30.5 Å². The number of rotatable bonds is 5. The van der Waals surface area contributed by atoms with E-state index >= 15 is 0 Å². The van der Waals surface area contributed by atoms with Gasteiger partial charge in [-0.05, 0) is 54.4 Å². The first kappa shape index (κ1) is 21.2. The van der Waals surface area contributed by atoms with Gasteiger partial charge in [0.25, 0.3) is 5.91 Å². The fraction of sp³-hybridized carbons (Fsp3) is 0.130. The number of pyridine rings is 1. The number of hydrogen-bond acceptors (Lipinski definition) is 7. The SMILES string of the molecule is CCc1ccc(-c2nc3cc(NC(=O)c4nc(C#N)ccc4S(C)(=O)=O)ccc3o2)cc1. The van der Waals surface area contributed by atoms with Crippen molar-refractivity contribution in [2.24, 2.45) is 0 Å². The quantitative estimate of drug-likeness (QED) is 0.491. The molecule has 0 radical (unpaired) electrons. The van der Waals surface area contributed by atoms with Crippen LogP contribution in [0, 0.1) is 11.3 Å². The van der Waals surface area contributed by atoms with Crippen molar-refractivity contribution < 1.29 is 17.6 Å². The van der Waals surface area contributed by atoms with E-state index in [-0.39, 0.29) is 16.3 Å². The van der Waals surface area contributed by atoms with Crippen LogP contribution >= 0.6 is 0 Å². The number of aryl methyl sites for hydroxylation is 1. The summed E-state index contributed by atoms with van der Waals surface area (Å²) >= 11 is 0. The van der Waals surface area contributed by atoms with Gasteiger partial charge in [-0.25, -0.2) is 18.4 Å². The summed E-state index contributed by atoms with van der Waals surface area (Å²) in [7, 11) is -3.72. The Morgan fingerprint density at radius 3 is 2.50 bits per heavy atom. The highest BCUT2D eigenvalue weighted by Gasteiger charge is 2.22. The zero-order chi connectivity index (χ0) is 22.9. The highest BCUT2D eigenvalue weighted by molar-refractivity contribution is 7.90. The molecule has 2 aromatic carbocycles. The molecule has 8 nitrogen and oxygen atoms in total. The number of benzene rings is 2. The number of fused-ring (bicyclic) bond motifs is 1. The number of sulfone groups is 1. The van der Waals surface area contributed by atoms with E-state index in [2.05, 4.69) is 22.2 Å². The van der Waals surface area contributed by atoms with Crippen molar-refractivity contribution in [3.63, 3.8) is 0 Å². The smallest absolute Gasteiger partial charge is 0.275 e. The van der Waals surface area contributed by atoms with Crippen LogP contribution in [0.15, 0.2) is 63.9 Å². The largest absolute Gasteiger partial charge is 0.436 e. The predicted molar refractivity (Wildman–Crippen MR) is 119 cm³/mol. The van der Waals surface area contributed by atoms with E-state index in [9.17, 15) is 13.2 Å². The Kier molecular flexibility index (Phi) is 5.47. The third-order valence-corrected chi connectivity index (χ3v) is 5.97. The van der Waals surface area contributed by atoms with E-state index in [1.165, 1.54) is 17.7 Å². The van der Waals surface area contributed by atoms with Crippen LogP contribution in [0.5, 0.6) is 0 Å². The van der Waals surface area contributed by atoms with Gasteiger partial charge in [0.05, 0.1) is 4.90 Å². The summed E-state index contributed by atoms with van der Waals surface area (Å²) in [5.74, 6) is -0.297. The van der Waals surface area contributed by atoms with Crippen LogP contribution in [0.3, 0.4) is 0 Å². The molecular weight excluding hydrogens is 428 g/mol. The molecule has 0 saturated heterocycles. The molecule has 160 valence electrons. The molecule has 0 fully saturated rings. The maximum atomic E-state index is 12.8. The molecule has 0 aliphatic heterocycles. The lowest BCUT2D eigenvalue weighted by atomic mass is 10.1. The molecule has 0 atom stereocenters. The van der Waals surface area contributed by atoms with Gasteiger partial charge in [-0.1, -0.05) is 19.1 Å². The molecule has 2 heterocycles. The molecule has 9 heteroatoms. The van der Waals surface area contributed by atoms with E-state index in [4.69, 9.17) is 9.68 Å². The summed E-state index contributed by atoms with van der Waals surface area (Å²) in [6, 6.07) is 17.1. The minimum atomic E-state index is -3.72. The van der Waals surface area contributed by atoms with Crippen molar-refractivity contribution in [3.05, 3.63) is 71.5 Å². The molecule has 0 bridgehead atoms. The average molecular weight is 446 g/mol. The average Bonchev–Trinajstić information content (AvgIpc) is 3.21. The molecule has 0 saturated carbocycles. The molecule has 4 rings (SSSR count). The van der Waals surface area contributed by atoms with Crippen molar-refractivity contribution >= 4 is 32.5 Å². The summed E-state index contributed by atoms with van der Waals surface area (Å²) in [5.41, 5.74) is 3.08. The minimum Gasteiger partial charge on any atom is -0.436 e. The van der Waals surface area contributed by atoms with E-state index in [1.807, 2.05) is 24.3 Å². The highest BCUT2D eigenvalue weighted by Crippen LogP contribution is 2.27. The number of nitrogens with one attached hydrogen (secondary N) is 1. The second kappa shape index (κ2) is 8.24.